The van der Waals surface area contributed by atoms with E-state index in [2.05, 4.69) is 18.0 Å². The Morgan fingerprint density at radius 3 is 2.55 bits per heavy atom. The van der Waals surface area contributed by atoms with E-state index < -0.39 is 5.97 Å². The summed E-state index contributed by atoms with van der Waals surface area (Å²) in [5, 5.41) is 11.2. The maximum atomic E-state index is 11.0. The van der Waals surface area contributed by atoms with Crippen molar-refractivity contribution < 1.29 is 9.90 Å². The van der Waals surface area contributed by atoms with Gasteiger partial charge in [0.15, 0.2) is 0 Å². The quantitative estimate of drug-likeness (QED) is 0.776. The molecule has 3 N–H and O–H groups in total. The number of aryl methyl sites for hydroxylation is 1. The minimum absolute atomic E-state index is 0.274. The number of pyridine rings is 1. The van der Waals surface area contributed by atoms with Crippen LogP contribution in [0.3, 0.4) is 0 Å². The predicted molar refractivity (Wildman–Crippen MR) is 86.8 cm³/mol. The van der Waals surface area contributed by atoms with Crippen LogP contribution in [-0.4, -0.2) is 16.1 Å². The maximum absolute atomic E-state index is 11.0. The number of fused-ring (bicyclic) bond motifs is 1. The van der Waals surface area contributed by atoms with Crippen LogP contribution in [0.2, 0.25) is 0 Å². The van der Waals surface area contributed by atoms with Gasteiger partial charge in [0.1, 0.15) is 0 Å². The number of hydrogen-bond acceptors (Lipinski definition) is 3. The van der Waals surface area contributed by atoms with Crippen molar-refractivity contribution in [1.82, 2.24) is 4.98 Å². The molecule has 3 rings (SSSR count). The van der Waals surface area contributed by atoms with Crippen molar-refractivity contribution in [2.24, 2.45) is 5.73 Å². The van der Waals surface area contributed by atoms with E-state index in [1.165, 1.54) is 0 Å². The highest BCUT2D eigenvalue weighted by Crippen LogP contribution is 2.32. The molecule has 3 aromatic rings. The molecular formula is C18H16N2O2. The van der Waals surface area contributed by atoms with Crippen molar-refractivity contribution in [3.8, 4) is 11.1 Å². The molecule has 4 heteroatoms. The molecule has 0 saturated heterocycles. The Hall–Kier alpha value is -2.72. The van der Waals surface area contributed by atoms with Gasteiger partial charge in [-0.3, -0.25) is 4.98 Å². The van der Waals surface area contributed by atoms with E-state index in [0.29, 0.717) is 6.54 Å². The van der Waals surface area contributed by atoms with Gasteiger partial charge in [-0.2, -0.15) is 0 Å². The molecule has 110 valence electrons. The van der Waals surface area contributed by atoms with Crippen molar-refractivity contribution in [2.75, 3.05) is 0 Å². The summed E-state index contributed by atoms with van der Waals surface area (Å²) >= 11 is 0. The van der Waals surface area contributed by atoms with Crippen LogP contribution in [0.1, 0.15) is 21.6 Å². The molecule has 22 heavy (non-hydrogen) atoms. The lowest BCUT2D eigenvalue weighted by molar-refractivity contribution is 0.0697. The second-order valence-corrected chi connectivity index (χ2v) is 5.20. The van der Waals surface area contributed by atoms with Crippen LogP contribution >= 0.6 is 0 Å². The van der Waals surface area contributed by atoms with Gasteiger partial charge in [0.05, 0.1) is 11.3 Å². The minimum atomic E-state index is -0.927. The van der Waals surface area contributed by atoms with Crippen LogP contribution in [0.5, 0.6) is 0 Å². The fraction of sp³-hybridized carbons (Fsp3) is 0.111. The lowest BCUT2D eigenvalue weighted by atomic mass is 9.95. The topological polar surface area (TPSA) is 76.2 Å². The lowest BCUT2D eigenvalue weighted by Crippen LogP contribution is -2.02. The third-order valence-electron chi connectivity index (χ3n) is 3.84. The van der Waals surface area contributed by atoms with Crippen molar-refractivity contribution >= 4 is 16.7 Å². The molecule has 0 atom stereocenters. The molecule has 0 amide bonds. The number of benzene rings is 2. The Kier molecular flexibility index (Phi) is 3.61. The number of carboxylic acid groups (broad SMARTS) is 1. The third kappa shape index (κ3) is 2.34. The zero-order valence-electron chi connectivity index (χ0n) is 12.2. The third-order valence-corrected chi connectivity index (χ3v) is 3.84. The Morgan fingerprint density at radius 2 is 1.91 bits per heavy atom. The summed E-state index contributed by atoms with van der Waals surface area (Å²) in [5.41, 5.74) is 10.00. The van der Waals surface area contributed by atoms with Gasteiger partial charge in [-0.05, 0) is 35.6 Å². The van der Waals surface area contributed by atoms with Gasteiger partial charge in [-0.15, -0.1) is 0 Å². The molecule has 1 aromatic heterocycles. The van der Waals surface area contributed by atoms with E-state index in [9.17, 15) is 4.79 Å². The number of aromatic carboxylic acids is 1. The van der Waals surface area contributed by atoms with Gasteiger partial charge in [-0.1, -0.05) is 30.3 Å². The van der Waals surface area contributed by atoms with Gasteiger partial charge in [-0.25, -0.2) is 4.79 Å². The SMILES string of the molecule is Cc1cccc2c(CN)ncc(-c3ccc(C(=O)O)cc3)c12. The first kappa shape index (κ1) is 14.2. The fourth-order valence-corrected chi connectivity index (χ4v) is 2.72. The molecule has 0 fully saturated rings. The summed E-state index contributed by atoms with van der Waals surface area (Å²) in [6.07, 6.45) is 1.81. The zero-order valence-corrected chi connectivity index (χ0v) is 12.2. The van der Waals surface area contributed by atoms with Crippen LogP contribution in [0.25, 0.3) is 21.9 Å². The van der Waals surface area contributed by atoms with Crippen molar-refractivity contribution in [1.29, 1.82) is 0 Å². The molecule has 0 aliphatic carbocycles. The Balaban J connectivity index is 2.25. The molecule has 0 aliphatic rings. The van der Waals surface area contributed by atoms with Crippen molar-refractivity contribution in [3.63, 3.8) is 0 Å². The first-order chi connectivity index (χ1) is 10.6. The van der Waals surface area contributed by atoms with E-state index in [4.69, 9.17) is 10.8 Å². The second-order valence-electron chi connectivity index (χ2n) is 5.20. The van der Waals surface area contributed by atoms with Crippen LogP contribution < -0.4 is 5.73 Å². The van der Waals surface area contributed by atoms with Gasteiger partial charge >= 0.3 is 5.97 Å². The molecule has 0 bridgehead atoms. The average Bonchev–Trinajstić information content (AvgIpc) is 2.54. The normalized spacial score (nSPS) is 10.8. The number of nitrogens with zero attached hydrogens (tertiary/aromatic N) is 1. The molecule has 0 unspecified atom stereocenters. The minimum Gasteiger partial charge on any atom is -0.478 e. The first-order valence-electron chi connectivity index (χ1n) is 7.03. The fourth-order valence-electron chi connectivity index (χ4n) is 2.72. The monoisotopic (exact) mass is 292 g/mol. The molecule has 0 aliphatic heterocycles. The van der Waals surface area contributed by atoms with E-state index in [0.717, 1.165) is 33.2 Å². The van der Waals surface area contributed by atoms with Crippen LogP contribution in [0.4, 0.5) is 0 Å². The van der Waals surface area contributed by atoms with E-state index in [1.807, 2.05) is 30.5 Å². The summed E-state index contributed by atoms with van der Waals surface area (Å²) in [4.78, 5) is 15.4. The maximum Gasteiger partial charge on any atom is 0.335 e. The molecule has 2 aromatic carbocycles. The number of hydrogen-bond donors (Lipinski definition) is 2. The van der Waals surface area contributed by atoms with E-state index in [1.54, 1.807) is 12.1 Å². The Labute approximate surface area is 128 Å². The summed E-state index contributed by atoms with van der Waals surface area (Å²) in [7, 11) is 0. The predicted octanol–water partition coefficient (Wildman–Crippen LogP) is 3.37. The number of nitrogens with two attached hydrogens (primary N) is 1. The molecule has 0 saturated carbocycles. The van der Waals surface area contributed by atoms with Gasteiger partial charge in [0, 0.05) is 23.7 Å². The number of aromatic nitrogens is 1. The molecule has 0 radical (unpaired) electrons. The van der Waals surface area contributed by atoms with Gasteiger partial charge < -0.3 is 10.8 Å². The van der Waals surface area contributed by atoms with E-state index in [-0.39, 0.29) is 5.56 Å². The van der Waals surface area contributed by atoms with Crippen molar-refractivity contribution in [3.05, 3.63) is 65.5 Å². The molecule has 0 spiro atoms. The number of rotatable bonds is 3. The highest BCUT2D eigenvalue weighted by molar-refractivity contribution is 6.00. The Morgan fingerprint density at radius 1 is 1.18 bits per heavy atom. The van der Waals surface area contributed by atoms with Crippen molar-refractivity contribution in [2.45, 2.75) is 13.5 Å². The summed E-state index contributed by atoms with van der Waals surface area (Å²) in [6.45, 7) is 2.44. The van der Waals surface area contributed by atoms with Crippen LogP contribution in [-0.2, 0) is 6.54 Å². The highest BCUT2D eigenvalue weighted by Gasteiger charge is 2.11. The summed E-state index contributed by atoms with van der Waals surface area (Å²) in [6, 6.07) is 12.9. The van der Waals surface area contributed by atoms with E-state index >= 15 is 0 Å². The second kappa shape index (κ2) is 5.58. The van der Waals surface area contributed by atoms with Gasteiger partial charge in [0.25, 0.3) is 0 Å². The smallest absolute Gasteiger partial charge is 0.335 e. The first-order valence-corrected chi connectivity index (χ1v) is 7.03. The average molecular weight is 292 g/mol. The Bertz CT molecular complexity index is 855. The molecule has 1 heterocycles. The largest absolute Gasteiger partial charge is 0.478 e. The summed E-state index contributed by atoms with van der Waals surface area (Å²) < 4.78 is 0. The van der Waals surface area contributed by atoms with Crippen LogP contribution in [0.15, 0.2) is 48.7 Å². The number of carbonyl (C=O) groups is 1. The molecule has 4 nitrogen and oxygen atoms in total. The number of carboxylic acids is 1. The highest BCUT2D eigenvalue weighted by atomic mass is 16.4. The zero-order chi connectivity index (χ0) is 15.7. The lowest BCUT2D eigenvalue weighted by Gasteiger charge is -2.12. The molecular weight excluding hydrogens is 276 g/mol. The summed E-state index contributed by atoms with van der Waals surface area (Å²) in [5.74, 6) is -0.927. The van der Waals surface area contributed by atoms with Gasteiger partial charge in [0.2, 0.25) is 0 Å². The standard InChI is InChI=1S/C18H16N2O2/c1-11-3-2-4-14-16(9-19)20-10-15(17(11)14)12-5-7-13(8-6-12)18(21)22/h2-8,10H,9,19H2,1H3,(H,21,22). The van der Waals surface area contributed by atoms with Crippen LogP contribution in [0, 0.1) is 6.92 Å².